The van der Waals surface area contributed by atoms with Crippen LogP contribution in [-0.4, -0.2) is 27.0 Å². The lowest BCUT2D eigenvalue weighted by Gasteiger charge is -2.22. The van der Waals surface area contributed by atoms with Gasteiger partial charge < -0.3 is 5.11 Å². The van der Waals surface area contributed by atoms with Crippen molar-refractivity contribution in [1.29, 1.82) is 0 Å². The van der Waals surface area contributed by atoms with E-state index in [4.69, 9.17) is 0 Å². The first-order valence-electron chi connectivity index (χ1n) is 6.93. The monoisotopic (exact) mass is 453 g/mol. The number of hydrogen-bond acceptors (Lipinski definition) is 8. The van der Waals surface area contributed by atoms with Crippen LogP contribution in [0.25, 0.3) is 0 Å². The van der Waals surface area contributed by atoms with Gasteiger partial charge in [0.2, 0.25) is 10.9 Å². The lowest BCUT2D eigenvalue weighted by Crippen LogP contribution is -2.30. The van der Waals surface area contributed by atoms with E-state index in [2.05, 4.69) is 26.1 Å². The van der Waals surface area contributed by atoms with Crippen molar-refractivity contribution in [2.24, 2.45) is 0 Å². The molecule has 0 bridgehead atoms. The van der Waals surface area contributed by atoms with Gasteiger partial charge in [-0.2, -0.15) is 0 Å². The molecule has 10 heteroatoms. The number of anilines is 1. The maximum atomic E-state index is 12.9. The van der Waals surface area contributed by atoms with E-state index in [0.717, 1.165) is 9.35 Å². The second-order valence-corrected chi connectivity index (χ2v) is 8.65. The number of amides is 1. The maximum Gasteiger partial charge on any atom is 0.296 e. The Hall–Kier alpha value is -1.88. The Labute approximate surface area is 162 Å². The van der Waals surface area contributed by atoms with Crippen molar-refractivity contribution >= 4 is 66.8 Å². The van der Waals surface area contributed by atoms with Crippen LogP contribution in [0.4, 0.5) is 5.13 Å². The molecule has 0 saturated carbocycles. The maximum absolute atomic E-state index is 12.9. The van der Waals surface area contributed by atoms with E-state index in [9.17, 15) is 14.7 Å². The highest BCUT2D eigenvalue weighted by atomic mass is 79.9. The molecule has 1 aliphatic heterocycles. The van der Waals surface area contributed by atoms with Crippen LogP contribution in [0.2, 0.25) is 0 Å². The zero-order valence-corrected chi connectivity index (χ0v) is 16.3. The highest BCUT2D eigenvalue weighted by Crippen LogP contribution is 2.44. The van der Waals surface area contributed by atoms with E-state index < -0.39 is 17.7 Å². The molecule has 3 aromatic heterocycles. The van der Waals surface area contributed by atoms with E-state index in [-0.39, 0.29) is 11.4 Å². The quantitative estimate of drug-likeness (QED) is 0.598. The Kier molecular flexibility index (Phi) is 4.28. The van der Waals surface area contributed by atoms with Crippen LogP contribution in [0.3, 0.4) is 0 Å². The number of aliphatic hydroxyl groups excluding tert-OH is 1. The van der Waals surface area contributed by atoms with Gasteiger partial charge in [0.1, 0.15) is 11.6 Å². The number of hydrogen-bond donors (Lipinski definition) is 1. The van der Waals surface area contributed by atoms with Gasteiger partial charge in [-0.3, -0.25) is 14.5 Å². The summed E-state index contributed by atoms with van der Waals surface area (Å²) in [7, 11) is 0. The van der Waals surface area contributed by atoms with Crippen LogP contribution in [0.15, 0.2) is 50.3 Å². The molecule has 3 aromatic rings. The van der Waals surface area contributed by atoms with Crippen molar-refractivity contribution in [3.8, 4) is 0 Å². The van der Waals surface area contributed by atoms with E-state index in [0.29, 0.717) is 10.0 Å². The van der Waals surface area contributed by atoms with Crippen molar-refractivity contribution in [2.45, 2.75) is 6.04 Å². The first-order chi connectivity index (χ1) is 12.1. The van der Waals surface area contributed by atoms with Gasteiger partial charge in [0.25, 0.3) is 5.91 Å². The van der Waals surface area contributed by atoms with Crippen LogP contribution < -0.4 is 4.90 Å². The fraction of sp³-hybridized carbons (Fsp3) is 0.0667. The summed E-state index contributed by atoms with van der Waals surface area (Å²) >= 11 is 7.22. The molecule has 1 unspecified atom stereocenters. The molecule has 1 atom stereocenters. The van der Waals surface area contributed by atoms with Gasteiger partial charge >= 0.3 is 0 Å². The average Bonchev–Trinajstić information content (AvgIpc) is 3.36. The van der Waals surface area contributed by atoms with Crippen molar-refractivity contribution in [3.05, 3.63) is 60.0 Å². The molecule has 0 saturated heterocycles. The van der Waals surface area contributed by atoms with Gasteiger partial charge in [0, 0.05) is 14.7 Å². The fourth-order valence-electron chi connectivity index (χ4n) is 2.59. The Morgan fingerprint density at radius 1 is 1.32 bits per heavy atom. The molecule has 0 radical (unpaired) electrons. The number of carbonyl (C=O) groups excluding carboxylic acids is 2. The van der Waals surface area contributed by atoms with Crippen molar-refractivity contribution in [2.75, 3.05) is 4.90 Å². The standard InChI is InChI=1S/C15H8BrN3O3S3/c16-7-4-9(24-5-7)11-10(12(20)8-2-1-3-23-8)13(21)14(22)19(11)15-18-17-6-25-15/h1-6,11,21H. The number of Topliss-reactive ketones (excluding diaryl/α,β-unsaturated/α-hetero) is 1. The fourth-order valence-corrected chi connectivity index (χ4v) is 5.39. The molecule has 6 nitrogen and oxygen atoms in total. The number of aliphatic hydroxyl groups is 1. The van der Waals surface area contributed by atoms with Gasteiger partial charge in [-0.15, -0.1) is 32.9 Å². The molecule has 1 N–H and O–H groups in total. The highest BCUT2D eigenvalue weighted by Gasteiger charge is 2.46. The van der Waals surface area contributed by atoms with E-state index in [1.807, 2.05) is 11.4 Å². The second kappa shape index (κ2) is 6.45. The molecule has 0 aromatic carbocycles. The topological polar surface area (TPSA) is 83.4 Å². The van der Waals surface area contributed by atoms with Crippen LogP contribution in [0.1, 0.15) is 20.6 Å². The normalized spacial score (nSPS) is 17.6. The molecule has 4 heterocycles. The summed E-state index contributed by atoms with van der Waals surface area (Å²) in [6.07, 6.45) is 0. The summed E-state index contributed by atoms with van der Waals surface area (Å²) in [4.78, 5) is 28.2. The van der Waals surface area contributed by atoms with Gasteiger partial charge in [-0.25, -0.2) is 0 Å². The zero-order valence-electron chi connectivity index (χ0n) is 12.2. The van der Waals surface area contributed by atoms with E-state index >= 15 is 0 Å². The summed E-state index contributed by atoms with van der Waals surface area (Å²) in [5.74, 6) is -1.54. The molecule has 0 spiro atoms. The van der Waals surface area contributed by atoms with Crippen LogP contribution in [-0.2, 0) is 4.79 Å². The average molecular weight is 454 g/mol. The van der Waals surface area contributed by atoms with Gasteiger partial charge in [-0.1, -0.05) is 17.4 Å². The minimum Gasteiger partial charge on any atom is -0.503 e. The predicted molar refractivity (Wildman–Crippen MR) is 100 cm³/mol. The van der Waals surface area contributed by atoms with Crippen LogP contribution in [0, 0.1) is 0 Å². The van der Waals surface area contributed by atoms with E-state index in [1.165, 1.54) is 44.4 Å². The molecule has 0 fully saturated rings. The Morgan fingerprint density at radius 2 is 2.16 bits per heavy atom. The molecule has 1 amide bonds. The lowest BCUT2D eigenvalue weighted by molar-refractivity contribution is -0.117. The number of nitrogens with zero attached hydrogens (tertiary/aromatic N) is 3. The SMILES string of the molecule is O=C(C1=C(O)C(=O)N(c2nncs2)C1c1cc(Br)cs1)c1cccs1. The first-order valence-corrected chi connectivity index (χ1v) is 10.4. The minimum absolute atomic E-state index is 0.0667. The third kappa shape index (κ3) is 2.74. The number of rotatable bonds is 4. The number of halogens is 1. The van der Waals surface area contributed by atoms with Crippen molar-refractivity contribution < 1.29 is 14.7 Å². The Morgan fingerprint density at radius 3 is 2.76 bits per heavy atom. The number of aromatic nitrogens is 2. The third-order valence-electron chi connectivity index (χ3n) is 3.61. The number of carbonyl (C=O) groups is 2. The van der Waals surface area contributed by atoms with Gasteiger partial charge in [-0.05, 0) is 33.4 Å². The summed E-state index contributed by atoms with van der Waals surface area (Å²) in [6, 6.07) is 4.53. The summed E-state index contributed by atoms with van der Waals surface area (Å²) in [5.41, 5.74) is 1.57. The summed E-state index contributed by atoms with van der Waals surface area (Å²) in [5, 5.41) is 22.1. The molecule has 126 valence electrons. The molecule has 0 aliphatic carbocycles. The first kappa shape index (κ1) is 16.6. The molecule has 4 rings (SSSR count). The van der Waals surface area contributed by atoms with Crippen molar-refractivity contribution in [1.82, 2.24) is 10.2 Å². The molecule has 25 heavy (non-hydrogen) atoms. The molecular weight excluding hydrogens is 446 g/mol. The number of ketones is 1. The van der Waals surface area contributed by atoms with Gasteiger partial charge in [0.15, 0.2) is 5.76 Å². The van der Waals surface area contributed by atoms with Crippen LogP contribution in [0.5, 0.6) is 0 Å². The molecule has 1 aliphatic rings. The van der Waals surface area contributed by atoms with E-state index in [1.54, 1.807) is 17.5 Å². The largest absolute Gasteiger partial charge is 0.503 e. The summed E-state index contributed by atoms with van der Waals surface area (Å²) < 4.78 is 0.839. The zero-order chi connectivity index (χ0) is 17.6. The smallest absolute Gasteiger partial charge is 0.296 e. The highest BCUT2D eigenvalue weighted by molar-refractivity contribution is 9.10. The third-order valence-corrected chi connectivity index (χ3v) is 6.91. The second-order valence-electron chi connectivity index (χ2n) is 5.03. The summed E-state index contributed by atoms with van der Waals surface area (Å²) in [6.45, 7) is 0. The minimum atomic E-state index is -0.730. The van der Waals surface area contributed by atoms with Crippen LogP contribution >= 0.6 is 49.9 Å². The Balaban J connectivity index is 1.87. The van der Waals surface area contributed by atoms with Crippen molar-refractivity contribution in [3.63, 3.8) is 0 Å². The molecular formula is C15H8BrN3O3S3. The number of thiophene rings is 2. The Bertz CT molecular complexity index is 979. The lowest BCUT2D eigenvalue weighted by atomic mass is 10.0. The predicted octanol–water partition coefficient (Wildman–Crippen LogP) is 4.21. The van der Waals surface area contributed by atoms with Gasteiger partial charge in [0.05, 0.1) is 10.5 Å².